The van der Waals surface area contributed by atoms with E-state index >= 15 is 0 Å². The van der Waals surface area contributed by atoms with E-state index in [1.807, 2.05) is 59.5 Å². The Bertz CT molecular complexity index is 1460. The van der Waals surface area contributed by atoms with Gasteiger partial charge in [-0.1, -0.05) is 103 Å². The highest BCUT2D eigenvalue weighted by Gasteiger charge is 2.40. The van der Waals surface area contributed by atoms with Crippen LogP contribution in [-0.2, 0) is 6.54 Å². The van der Waals surface area contributed by atoms with Gasteiger partial charge in [0.15, 0.2) is 0 Å². The van der Waals surface area contributed by atoms with Crippen molar-refractivity contribution < 1.29 is 4.79 Å². The molecule has 0 spiro atoms. The van der Waals surface area contributed by atoms with Gasteiger partial charge in [0, 0.05) is 17.8 Å². The van der Waals surface area contributed by atoms with E-state index < -0.39 is 0 Å². The summed E-state index contributed by atoms with van der Waals surface area (Å²) < 4.78 is 0. The average Bonchev–Trinajstić information content (AvgIpc) is 2.91. The molecule has 164 valence electrons. The van der Waals surface area contributed by atoms with Crippen LogP contribution in [0.2, 0.25) is 0 Å². The molecule has 0 aliphatic carbocycles. The second-order valence-corrected chi connectivity index (χ2v) is 8.58. The molecule has 0 radical (unpaired) electrons. The number of hydrogen-bond acceptors (Lipinski definition) is 2. The van der Waals surface area contributed by atoms with E-state index in [-0.39, 0.29) is 12.1 Å². The second-order valence-electron chi connectivity index (χ2n) is 8.58. The van der Waals surface area contributed by atoms with Gasteiger partial charge < -0.3 is 4.90 Å². The minimum Gasteiger partial charge on any atom is -0.342 e. The zero-order valence-corrected chi connectivity index (χ0v) is 18.7. The first-order valence-electron chi connectivity index (χ1n) is 11.6. The number of carbonyl (C=O) groups excluding carboxylic acids is 1. The van der Waals surface area contributed by atoms with Crippen molar-refractivity contribution in [2.75, 3.05) is 9.80 Å². The summed E-state index contributed by atoms with van der Waals surface area (Å²) in [6.07, 6.45) is -0.295. The summed E-state index contributed by atoms with van der Waals surface area (Å²) in [4.78, 5) is 18.3. The third-order valence-electron chi connectivity index (χ3n) is 6.53. The molecule has 6 rings (SSSR count). The van der Waals surface area contributed by atoms with Crippen molar-refractivity contribution >= 4 is 28.1 Å². The maximum atomic E-state index is 14.0. The molecule has 1 amide bonds. The van der Waals surface area contributed by atoms with Crippen LogP contribution in [-0.4, -0.2) is 5.91 Å². The first-order chi connectivity index (χ1) is 16.8. The van der Waals surface area contributed by atoms with Gasteiger partial charge in [-0.2, -0.15) is 0 Å². The standard InChI is InChI=1S/C31H24N2O/c34-31-28-19-9-10-21-29(28)32(22-23-12-3-1-4-13-23)30(33(31)25-16-5-2-6-17-25)27-20-11-15-24-14-7-8-18-26(24)27/h1-21,30H,22H2/t30-/m1/s1. The molecule has 0 saturated heterocycles. The Hall–Kier alpha value is -4.37. The molecule has 3 nitrogen and oxygen atoms in total. The highest BCUT2D eigenvalue weighted by atomic mass is 16.2. The Labute approximate surface area is 199 Å². The van der Waals surface area contributed by atoms with Crippen LogP contribution in [0, 0.1) is 0 Å². The summed E-state index contributed by atoms with van der Waals surface area (Å²) in [6, 6.07) is 43.2. The van der Waals surface area contributed by atoms with Crippen molar-refractivity contribution in [1.29, 1.82) is 0 Å². The minimum absolute atomic E-state index is 0.0176. The lowest BCUT2D eigenvalue weighted by Gasteiger charge is -2.46. The fraction of sp³-hybridized carbons (Fsp3) is 0.0645. The van der Waals surface area contributed by atoms with Gasteiger partial charge in [0.1, 0.15) is 6.17 Å². The number of amides is 1. The van der Waals surface area contributed by atoms with Crippen LogP contribution in [0.3, 0.4) is 0 Å². The molecule has 1 aliphatic heterocycles. The highest BCUT2D eigenvalue weighted by Crippen LogP contribution is 2.43. The van der Waals surface area contributed by atoms with Crippen molar-refractivity contribution in [2.45, 2.75) is 12.7 Å². The predicted octanol–water partition coefficient (Wildman–Crippen LogP) is 7.21. The fourth-order valence-corrected chi connectivity index (χ4v) is 5.00. The third kappa shape index (κ3) is 3.43. The number of rotatable bonds is 4. The Kier molecular flexibility index (Phi) is 5.08. The smallest absolute Gasteiger partial charge is 0.262 e. The van der Waals surface area contributed by atoms with Gasteiger partial charge in [-0.3, -0.25) is 9.69 Å². The summed E-state index contributed by atoms with van der Waals surface area (Å²) in [5.74, 6) is 0.0176. The Morgan fingerprint density at radius 1 is 0.618 bits per heavy atom. The minimum atomic E-state index is -0.295. The largest absolute Gasteiger partial charge is 0.342 e. The lowest BCUT2D eigenvalue weighted by atomic mass is 9.95. The maximum Gasteiger partial charge on any atom is 0.262 e. The zero-order valence-electron chi connectivity index (χ0n) is 18.7. The summed E-state index contributed by atoms with van der Waals surface area (Å²) in [7, 11) is 0. The third-order valence-corrected chi connectivity index (χ3v) is 6.53. The number of benzene rings is 5. The lowest BCUT2D eigenvalue weighted by molar-refractivity contribution is 0.0968. The van der Waals surface area contributed by atoms with E-state index in [1.54, 1.807) is 0 Å². The molecule has 34 heavy (non-hydrogen) atoms. The van der Waals surface area contributed by atoms with Gasteiger partial charge in [-0.25, -0.2) is 0 Å². The molecule has 5 aromatic carbocycles. The van der Waals surface area contributed by atoms with Crippen molar-refractivity contribution in [1.82, 2.24) is 0 Å². The number of nitrogens with zero attached hydrogens (tertiary/aromatic N) is 2. The SMILES string of the molecule is O=C1c2ccccc2N(Cc2ccccc2)[C@@H](c2cccc3ccccc23)N1c1ccccc1. The highest BCUT2D eigenvalue weighted by molar-refractivity contribution is 6.12. The number of hydrogen-bond donors (Lipinski definition) is 0. The molecule has 1 heterocycles. The zero-order chi connectivity index (χ0) is 22.9. The quantitative estimate of drug-likeness (QED) is 0.295. The first kappa shape index (κ1) is 20.3. The van der Waals surface area contributed by atoms with Crippen molar-refractivity contribution in [2.24, 2.45) is 0 Å². The lowest BCUT2D eigenvalue weighted by Crippen LogP contribution is -2.49. The molecule has 0 fully saturated rings. The average molecular weight is 441 g/mol. The summed E-state index contributed by atoms with van der Waals surface area (Å²) in [5, 5.41) is 2.32. The van der Waals surface area contributed by atoms with Crippen LogP contribution in [0.15, 0.2) is 127 Å². The van der Waals surface area contributed by atoms with E-state index in [9.17, 15) is 4.79 Å². The van der Waals surface area contributed by atoms with E-state index in [4.69, 9.17) is 0 Å². The topological polar surface area (TPSA) is 23.6 Å². The monoisotopic (exact) mass is 440 g/mol. The van der Waals surface area contributed by atoms with Gasteiger partial charge in [-0.15, -0.1) is 0 Å². The van der Waals surface area contributed by atoms with Gasteiger partial charge in [-0.05, 0) is 40.6 Å². The van der Waals surface area contributed by atoms with E-state index in [1.165, 1.54) is 10.9 Å². The summed E-state index contributed by atoms with van der Waals surface area (Å²) in [5.41, 5.74) is 4.88. The van der Waals surface area contributed by atoms with Crippen LogP contribution in [0.25, 0.3) is 10.8 Å². The molecule has 5 aromatic rings. The number of fused-ring (bicyclic) bond motifs is 2. The summed E-state index contributed by atoms with van der Waals surface area (Å²) in [6.45, 7) is 0.683. The van der Waals surface area contributed by atoms with Crippen LogP contribution in [0.5, 0.6) is 0 Å². The Balaban J connectivity index is 1.63. The van der Waals surface area contributed by atoms with Crippen LogP contribution in [0.4, 0.5) is 11.4 Å². The summed E-state index contributed by atoms with van der Waals surface area (Å²) >= 11 is 0. The maximum absolute atomic E-state index is 14.0. The Morgan fingerprint density at radius 2 is 1.26 bits per heavy atom. The first-order valence-corrected chi connectivity index (χ1v) is 11.6. The molecule has 3 heteroatoms. The van der Waals surface area contributed by atoms with Crippen molar-refractivity contribution in [3.8, 4) is 0 Å². The van der Waals surface area contributed by atoms with Crippen molar-refractivity contribution in [3.05, 3.63) is 144 Å². The predicted molar refractivity (Wildman–Crippen MR) is 139 cm³/mol. The molecule has 1 aliphatic rings. The van der Waals surface area contributed by atoms with E-state index in [2.05, 4.69) is 77.7 Å². The fourth-order valence-electron chi connectivity index (χ4n) is 5.00. The van der Waals surface area contributed by atoms with E-state index in [0.717, 1.165) is 27.9 Å². The molecule has 0 N–H and O–H groups in total. The Morgan fingerprint density at radius 3 is 2.09 bits per heavy atom. The molecular formula is C31H24N2O. The second kappa shape index (κ2) is 8.53. The molecule has 0 aromatic heterocycles. The van der Waals surface area contributed by atoms with Crippen LogP contribution < -0.4 is 9.80 Å². The van der Waals surface area contributed by atoms with Crippen LogP contribution in [0.1, 0.15) is 27.7 Å². The molecule has 1 atom stereocenters. The molecule has 0 unspecified atom stereocenters. The van der Waals surface area contributed by atoms with Gasteiger partial charge in [0.2, 0.25) is 0 Å². The molecule has 0 saturated carbocycles. The number of para-hydroxylation sites is 2. The van der Waals surface area contributed by atoms with Crippen molar-refractivity contribution in [3.63, 3.8) is 0 Å². The van der Waals surface area contributed by atoms with E-state index in [0.29, 0.717) is 6.54 Å². The molecule has 0 bridgehead atoms. The van der Waals surface area contributed by atoms with Gasteiger partial charge >= 0.3 is 0 Å². The number of anilines is 2. The van der Waals surface area contributed by atoms with Gasteiger partial charge in [0.05, 0.1) is 11.3 Å². The molecular weight excluding hydrogens is 416 g/mol. The van der Waals surface area contributed by atoms with Crippen LogP contribution >= 0.6 is 0 Å². The van der Waals surface area contributed by atoms with Gasteiger partial charge in [0.25, 0.3) is 5.91 Å². The number of carbonyl (C=O) groups is 1. The normalized spacial score (nSPS) is 15.4.